The number of alkyl carbamates (subject to hydrolysis) is 1. The lowest BCUT2D eigenvalue weighted by atomic mass is 10.1. The molecule has 3 N–H and O–H groups in total. The number of halogens is 1. The van der Waals surface area contributed by atoms with E-state index >= 15 is 0 Å². The van der Waals surface area contributed by atoms with Crippen LogP contribution < -0.4 is 11.1 Å². The molecule has 124 valence electrons. The third kappa shape index (κ3) is 6.22. The van der Waals surface area contributed by atoms with Crippen molar-refractivity contribution in [3.8, 4) is 11.8 Å². The summed E-state index contributed by atoms with van der Waals surface area (Å²) in [5.41, 5.74) is 4.31. The number of amides is 1. The highest BCUT2D eigenvalue weighted by Gasteiger charge is 2.16. The minimum atomic E-state index is -0.790. The molecule has 0 unspecified atom stereocenters. The standard InChI is InChI=1S/C15H18FN3O4/c1-15(2,3)23-14(20)18-7-5-4-6-10-8-11(16)9-12(13(10)17)19(21)22/h8-9H,5,7,17H2,1-3H3,(H,18,20). The number of carbonyl (C=O) groups excluding carboxylic acids is 1. The Morgan fingerprint density at radius 1 is 1.48 bits per heavy atom. The van der Waals surface area contributed by atoms with Gasteiger partial charge in [0.2, 0.25) is 0 Å². The first-order chi connectivity index (χ1) is 10.6. The van der Waals surface area contributed by atoms with Crippen molar-refractivity contribution in [2.75, 3.05) is 12.3 Å². The molecule has 0 saturated carbocycles. The van der Waals surface area contributed by atoms with Crippen LogP contribution >= 0.6 is 0 Å². The molecule has 23 heavy (non-hydrogen) atoms. The Morgan fingerprint density at radius 3 is 2.70 bits per heavy atom. The van der Waals surface area contributed by atoms with Crippen molar-refractivity contribution >= 4 is 17.5 Å². The van der Waals surface area contributed by atoms with Crippen molar-refractivity contribution in [3.05, 3.63) is 33.6 Å². The number of benzene rings is 1. The molecule has 8 heteroatoms. The van der Waals surface area contributed by atoms with Gasteiger partial charge in [0.05, 0.1) is 16.6 Å². The number of nitro groups is 1. The molecule has 0 spiro atoms. The fraction of sp³-hybridized carbons (Fsp3) is 0.400. The maximum absolute atomic E-state index is 13.3. The van der Waals surface area contributed by atoms with Crippen LogP contribution in [0, 0.1) is 27.8 Å². The van der Waals surface area contributed by atoms with Gasteiger partial charge >= 0.3 is 6.09 Å². The minimum Gasteiger partial charge on any atom is -0.444 e. The summed E-state index contributed by atoms with van der Waals surface area (Å²) in [6, 6.07) is 1.77. The van der Waals surface area contributed by atoms with E-state index in [0.717, 1.165) is 12.1 Å². The van der Waals surface area contributed by atoms with Gasteiger partial charge in [0, 0.05) is 13.0 Å². The van der Waals surface area contributed by atoms with E-state index in [1.807, 2.05) is 0 Å². The van der Waals surface area contributed by atoms with Crippen LogP contribution in [0.1, 0.15) is 32.8 Å². The van der Waals surface area contributed by atoms with E-state index in [2.05, 4.69) is 17.2 Å². The molecule has 0 atom stereocenters. The van der Waals surface area contributed by atoms with Gasteiger partial charge in [-0.25, -0.2) is 9.18 Å². The highest BCUT2D eigenvalue weighted by molar-refractivity contribution is 5.68. The summed E-state index contributed by atoms with van der Waals surface area (Å²) in [5, 5.41) is 13.2. The molecule has 1 rings (SSSR count). The quantitative estimate of drug-likeness (QED) is 0.292. The zero-order chi connectivity index (χ0) is 17.6. The first-order valence-electron chi connectivity index (χ1n) is 6.79. The van der Waals surface area contributed by atoms with Crippen LogP contribution in [0.5, 0.6) is 0 Å². The van der Waals surface area contributed by atoms with Crippen LogP contribution in [0.15, 0.2) is 12.1 Å². The number of anilines is 1. The number of rotatable bonds is 3. The predicted octanol–water partition coefficient (Wildman–Crippen LogP) is 2.58. The third-order valence-corrected chi connectivity index (χ3v) is 2.46. The maximum Gasteiger partial charge on any atom is 0.407 e. The molecule has 1 amide bonds. The van der Waals surface area contributed by atoms with Gasteiger partial charge in [-0.1, -0.05) is 11.8 Å². The molecule has 0 aliphatic rings. The smallest absolute Gasteiger partial charge is 0.407 e. The van der Waals surface area contributed by atoms with Crippen molar-refractivity contribution in [2.45, 2.75) is 32.8 Å². The minimum absolute atomic E-state index is 0.0361. The van der Waals surface area contributed by atoms with Gasteiger partial charge in [-0.2, -0.15) is 0 Å². The van der Waals surface area contributed by atoms with Crippen LogP contribution in [-0.4, -0.2) is 23.2 Å². The zero-order valence-electron chi connectivity index (χ0n) is 13.1. The molecule has 0 radical (unpaired) electrons. The number of ether oxygens (including phenoxy) is 1. The summed E-state index contributed by atoms with van der Waals surface area (Å²) in [5.74, 6) is 4.43. The van der Waals surface area contributed by atoms with Crippen molar-refractivity contribution in [2.24, 2.45) is 0 Å². The second-order valence-corrected chi connectivity index (χ2v) is 5.62. The molecule has 0 bridgehead atoms. The summed E-state index contributed by atoms with van der Waals surface area (Å²) in [6.07, 6.45) is -0.316. The average molecular weight is 323 g/mol. The molecule has 1 aromatic rings. The van der Waals surface area contributed by atoms with E-state index < -0.39 is 28.1 Å². The van der Waals surface area contributed by atoms with Gasteiger partial charge in [-0.15, -0.1) is 0 Å². The van der Waals surface area contributed by atoms with Gasteiger partial charge in [0.1, 0.15) is 17.1 Å². The Labute approximate surface area is 133 Å². The Hall–Kier alpha value is -2.82. The summed E-state index contributed by atoms with van der Waals surface area (Å²) in [7, 11) is 0. The first-order valence-corrected chi connectivity index (χ1v) is 6.79. The van der Waals surface area contributed by atoms with E-state index in [-0.39, 0.29) is 24.2 Å². The third-order valence-electron chi connectivity index (χ3n) is 2.46. The highest BCUT2D eigenvalue weighted by atomic mass is 19.1. The Kier molecular flexibility index (Phi) is 5.90. The molecule has 0 aliphatic carbocycles. The SMILES string of the molecule is CC(C)(C)OC(=O)NCCC#Cc1cc(F)cc([N+](=O)[O-])c1N. The molecule has 0 saturated heterocycles. The molecular weight excluding hydrogens is 305 g/mol. The lowest BCUT2D eigenvalue weighted by Gasteiger charge is -2.19. The number of hydrogen-bond donors (Lipinski definition) is 2. The Morgan fingerprint density at radius 2 is 2.13 bits per heavy atom. The van der Waals surface area contributed by atoms with E-state index in [1.54, 1.807) is 20.8 Å². The van der Waals surface area contributed by atoms with Gasteiger partial charge in [-0.05, 0) is 26.8 Å². The fourth-order valence-corrected chi connectivity index (χ4v) is 1.56. The highest BCUT2D eigenvalue weighted by Crippen LogP contribution is 2.25. The number of nitro benzene ring substituents is 1. The van der Waals surface area contributed by atoms with Crippen LogP contribution in [0.4, 0.5) is 20.6 Å². The summed E-state index contributed by atoms with van der Waals surface area (Å²) < 4.78 is 18.3. The topological polar surface area (TPSA) is 107 Å². The molecule has 0 heterocycles. The number of carbonyl (C=O) groups is 1. The van der Waals surface area contributed by atoms with E-state index in [1.165, 1.54) is 0 Å². The van der Waals surface area contributed by atoms with E-state index in [0.29, 0.717) is 0 Å². The van der Waals surface area contributed by atoms with Crippen LogP contribution in [-0.2, 0) is 4.74 Å². The fourth-order valence-electron chi connectivity index (χ4n) is 1.56. The average Bonchev–Trinajstić information content (AvgIpc) is 2.39. The number of nitrogen functional groups attached to an aromatic ring is 1. The monoisotopic (exact) mass is 323 g/mol. The molecule has 1 aromatic carbocycles. The molecule has 0 fully saturated rings. The van der Waals surface area contributed by atoms with Gasteiger partial charge < -0.3 is 15.8 Å². The van der Waals surface area contributed by atoms with Crippen molar-refractivity contribution < 1.29 is 18.8 Å². The molecular formula is C15H18FN3O4. The van der Waals surface area contributed by atoms with Crippen molar-refractivity contribution in [1.29, 1.82) is 0 Å². The maximum atomic E-state index is 13.3. The number of nitrogens with zero attached hydrogens (tertiary/aromatic N) is 1. The molecule has 0 aromatic heterocycles. The second-order valence-electron chi connectivity index (χ2n) is 5.62. The number of nitrogens with two attached hydrogens (primary N) is 1. The van der Waals surface area contributed by atoms with Crippen molar-refractivity contribution in [1.82, 2.24) is 5.32 Å². The Bertz CT molecular complexity index is 672. The van der Waals surface area contributed by atoms with Crippen molar-refractivity contribution in [3.63, 3.8) is 0 Å². The summed E-state index contributed by atoms with van der Waals surface area (Å²) in [4.78, 5) is 21.4. The normalized spacial score (nSPS) is 10.4. The first kappa shape index (κ1) is 18.2. The zero-order valence-corrected chi connectivity index (χ0v) is 13.1. The second kappa shape index (κ2) is 7.45. The molecule has 7 nitrogen and oxygen atoms in total. The largest absolute Gasteiger partial charge is 0.444 e. The van der Waals surface area contributed by atoms with Crippen LogP contribution in [0.25, 0.3) is 0 Å². The van der Waals surface area contributed by atoms with Gasteiger partial charge in [-0.3, -0.25) is 10.1 Å². The van der Waals surface area contributed by atoms with Crippen LogP contribution in [0.3, 0.4) is 0 Å². The lowest BCUT2D eigenvalue weighted by molar-refractivity contribution is -0.384. The predicted molar refractivity (Wildman–Crippen MR) is 83.2 cm³/mol. The van der Waals surface area contributed by atoms with Gasteiger partial charge in [0.15, 0.2) is 0 Å². The van der Waals surface area contributed by atoms with Gasteiger partial charge in [0.25, 0.3) is 5.69 Å². The number of hydrogen-bond acceptors (Lipinski definition) is 5. The Balaban J connectivity index is 2.64. The van der Waals surface area contributed by atoms with E-state index in [4.69, 9.17) is 10.5 Å². The van der Waals surface area contributed by atoms with E-state index in [9.17, 15) is 19.3 Å². The summed E-state index contributed by atoms with van der Waals surface area (Å²) >= 11 is 0. The lowest BCUT2D eigenvalue weighted by Crippen LogP contribution is -2.32. The summed E-state index contributed by atoms with van der Waals surface area (Å²) in [6.45, 7) is 5.45. The molecule has 0 aliphatic heterocycles. The number of nitrogens with one attached hydrogen (secondary N) is 1. The van der Waals surface area contributed by atoms with Crippen LogP contribution in [0.2, 0.25) is 0 Å².